The highest BCUT2D eigenvalue weighted by atomic mass is 14.1. The van der Waals surface area contributed by atoms with Gasteiger partial charge in [-0.3, -0.25) is 0 Å². The molecule has 0 nitrogen and oxygen atoms in total. The maximum atomic E-state index is 2.37. The predicted octanol–water partition coefficient (Wildman–Crippen LogP) is 4.64. The molecule has 0 aromatic carbocycles. The van der Waals surface area contributed by atoms with Crippen LogP contribution in [-0.4, -0.2) is 6.71 Å². The van der Waals surface area contributed by atoms with Crippen molar-refractivity contribution in [2.75, 3.05) is 0 Å². The van der Waals surface area contributed by atoms with Crippen molar-refractivity contribution in [2.24, 2.45) is 0 Å². The summed E-state index contributed by atoms with van der Waals surface area (Å²) in [5.41, 5.74) is 0. The number of rotatable bonds is 3. The molecule has 1 fully saturated rings. The number of hydrogen-bond donors (Lipinski definition) is 0. The first-order valence-electron chi connectivity index (χ1n) is 6.38. The second-order valence-corrected chi connectivity index (χ2v) is 4.68. The van der Waals surface area contributed by atoms with Crippen LogP contribution in [0.2, 0.25) is 18.5 Å². The summed E-state index contributed by atoms with van der Waals surface area (Å²) >= 11 is 0. The standard InChI is InChI=1S/C12H25B/c1-3-13(4-2)12-10-8-6-5-7-9-11-12/h12H,3-11H2,1-2H3. The molecule has 13 heavy (non-hydrogen) atoms. The lowest BCUT2D eigenvalue weighted by atomic mass is 9.36. The maximum Gasteiger partial charge on any atom is 0.142 e. The molecular weight excluding hydrogens is 155 g/mol. The Morgan fingerprint density at radius 3 is 1.77 bits per heavy atom. The third kappa shape index (κ3) is 3.75. The van der Waals surface area contributed by atoms with Crippen LogP contribution < -0.4 is 0 Å². The van der Waals surface area contributed by atoms with E-state index in [0.717, 1.165) is 12.5 Å². The van der Waals surface area contributed by atoms with E-state index in [1.54, 1.807) is 0 Å². The Labute approximate surface area is 84.6 Å². The molecule has 0 atom stereocenters. The summed E-state index contributed by atoms with van der Waals surface area (Å²) in [6.07, 6.45) is 13.3. The molecule has 0 heterocycles. The fourth-order valence-corrected chi connectivity index (χ4v) is 2.91. The lowest BCUT2D eigenvalue weighted by molar-refractivity contribution is 0.497. The van der Waals surface area contributed by atoms with Crippen molar-refractivity contribution in [3.63, 3.8) is 0 Å². The Morgan fingerprint density at radius 1 is 0.846 bits per heavy atom. The van der Waals surface area contributed by atoms with Gasteiger partial charge in [-0.15, -0.1) is 0 Å². The van der Waals surface area contributed by atoms with Crippen LogP contribution in [0.5, 0.6) is 0 Å². The van der Waals surface area contributed by atoms with Crippen molar-refractivity contribution < 1.29 is 0 Å². The molecule has 0 aliphatic heterocycles. The fraction of sp³-hybridized carbons (Fsp3) is 1.00. The molecule has 1 saturated carbocycles. The molecule has 0 amide bonds. The van der Waals surface area contributed by atoms with Gasteiger partial charge in [0.15, 0.2) is 0 Å². The molecule has 0 spiro atoms. The summed E-state index contributed by atoms with van der Waals surface area (Å²) in [6.45, 7) is 5.76. The first-order chi connectivity index (χ1) is 6.38. The SMILES string of the molecule is CCB(CC)C1CCCCCCC1. The van der Waals surface area contributed by atoms with E-state index in [2.05, 4.69) is 13.8 Å². The predicted molar refractivity (Wildman–Crippen MR) is 62.8 cm³/mol. The normalized spacial score (nSPS) is 20.8. The quantitative estimate of drug-likeness (QED) is 0.555. The van der Waals surface area contributed by atoms with Gasteiger partial charge in [0.25, 0.3) is 0 Å². The highest BCUT2D eigenvalue weighted by Gasteiger charge is 2.21. The molecule has 1 aliphatic rings. The van der Waals surface area contributed by atoms with Crippen molar-refractivity contribution in [2.45, 2.75) is 77.3 Å². The van der Waals surface area contributed by atoms with Gasteiger partial charge in [0.05, 0.1) is 0 Å². The summed E-state index contributed by atoms with van der Waals surface area (Å²) in [4.78, 5) is 0. The fourth-order valence-electron chi connectivity index (χ4n) is 2.91. The first-order valence-corrected chi connectivity index (χ1v) is 6.38. The third-order valence-electron chi connectivity index (χ3n) is 3.87. The molecule has 1 heteroatoms. The van der Waals surface area contributed by atoms with Crippen LogP contribution in [0, 0.1) is 0 Å². The molecular formula is C12H25B. The smallest absolute Gasteiger partial charge is 0.0768 e. The summed E-state index contributed by atoms with van der Waals surface area (Å²) < 4.78 is 0. The third-order valence-corrected chi connectivity index (χ3v) is 3.87. The molecule has 76 valence electrons. The Kier molecular flexibility index (Phi) is 5.58. The van der Waals surface area contributed by atoms with Crippen molar-refractivity contribution in [1.82, 2.24) is 0 Å². The minimum Gasteiger partial charge on any atom is -0.0768 e. The minimum atomic E-state index is 1.03. The monoisotopic (exact) mass is 180 g/mol. The van der Waals surface area contributed by atoms with Gasteiger partial charge in [-0.2, -0.15) is 0 Å². The van der Waals surface area contributed by atoms with E-state index in [-0.39, 0.29) is 0 Å². The van der Waals surface area contributed by atoms with Crippen LogP contribution in [0.4, 0.5) is 0 Å². The van der Waals surface area contributed by atoms with Crippen molar-refractivity contribution >= 4 is 6.71 Å². The van der Waals surface area contributed by atoms with Gasteiger partial charge in [0, 0.05) is 0 Å². The topological polar surface area (TPSA) is 0 Å². The number of hydrogen-bond acceptors (Lipinski definition) is 0. The van der Waals surface area contributed by atoms with Gasteiger partial charge in [0.2, 0.25) is 0 Å². The summed E-state index contributed by atoms with van der Waals surface area (Å²) in [5, 5.41) is 0. The minimum absolute atomic E-state index is 1.03. The van der Waals surface area contributed by atoms with E-state index >= 15 is 0 Å². The largest absolute Gasteiger partial charge is 0.142 e. The average Bonchev–Trinajstić information content (AvgIpc) is 2.09. The summed E-state index contributed by atoms with van der Waals surface area (Å²) in [7, 11) is 0. The van der Waals surface area contributed by atoms with E-state index in [1.165, 1.54) is 57.6 Å². The second kappa shape index (κ2) is 6.51. The Hall–Kier alpha value is 0.0649. The van der Waals surface area contributed by atoms with Crippen LogP contribution in [0.15, 0.2) is 0 Å². The summed E-state index contributed by atoms with van der Waals surface area (Å²) in [5.74, 6) is 1.07. The van der Waals surface area contributed by atoms with E-state index < -0.39 is 0 Å². The van der Waals surface area contributed by atoms with Gasteiger partial charge in [-0.1, -0.05) is 77.3 Å². The highest BCUT2D eigenvalue weighted by molar-refractivity contribution is 6.60. The Bertz CT molecular complexity index is 110. The average molecular weight is 180 g/mol. The van der Waals surface area contributed by atoms with Crippen molar-refractivity contribution in [3.8, 4) is 0 Å². The van der Waals surface area contributed by atoms with E-state index in [4.69, 9.17) is 0 Å². The van der Waals surface area contributed by atoms with Gasteiger partial charge in [-0.25, -0.2) is 0 Å². The first kappa shape index (κ1) is 11.1. The van der Waals surface area contributed by atoms with Crippen LogP contribution in [0.3, 0.4) is 0 Å². The molecule has 0 aromatic heterocycles. The lowest BCUT2D eigenvalue weighted by Crippen LogP contribution is -2.19. The highest BCUT2D eigenvalue weighted by Crippen LogP contribution is 2.31. The van der Waals surface area contributed by atoms with Crippen molar-refractivity contribution in [1.29, 1.82) is 0 Å². The maximum absolute atomic E-state index is 2.37. The van der Waals surface area contributed by atoms with E-state index in [0.29, 0.717) is 0 Å². The Balaban J connectivity index is 2.35. The van der Waals surface area contributed by atoms with Gasteiger partial charge in [-0.05, 0) is 0 Å². The van der Waals surface area contributed by atoms with E-state index in [9.17, 15) is 0 Å². The van der Waals surface area contributed by atoms with Crippen molar-refractivity contribution in [3.05, 3.63) is 0 Å². The zero-order valence-electron chi connectivity index (χ0n) is 9.52. The van der Waals surface area contributed by atoms with Gasteiger partial charge >= 0.3 is 0 Å². The van der Waals surface area contributed by atoms with Gasteiger partial charge in [0.1, 0.15) is 6.71 Å². The molecule has 0 radical (unpaired) electrons. The molecule has 0 N–H and O–H groups in total. The molecule has 1 aliphatic carbocycles. The van der Waals surface area contributed by atoms with Crippen LogP contribution in [0.25, 0.3) is 0 Å². The molecule has 0 unspecified atom stereocenters. The second-order valence-electron chi connectivity index (χ2n) is 4.68. The zero-order chi connectivity index (χ0) is 9.52. The Morgan fingerprint density at radius 2 is 1.31 bits per heavy atom. The van der Waals surface area contributed by atoms with E-state index in [1.807, 2.05) is 0 Å². The zero-order valence-corrected chi connectivity index (χ0v) is 9.52. The molecule has 0 saturated heterocycles. The van der Waals surface area contributed by atoms with Crippen LogP contribution in [0.1, 0.15) is 58.8 Å². The van der Waals surface area contributed by atoms with Crippen LogP contribution in [-0.2, 0) is 0 Å². The molecule has 0 bridgehead atoms. The molecule has 1 rings (SSSR count). The van der Waals surface area contributed by atoms with Crippen LogP contribution >= 0.6 is 0 Å². The molecule has 0 aromatic rings. The summed E-state index contributed by atoms with van der Waals surface area (Å²) in [6, 6.07) is 0. The lowest BCUT2D eigenvalue weighted by Gasteiger charge is -2.24. The van der Waals surface area contributed by atoms with Gasteiger partial charge < -0.3 is 0 Å².